The number of carbonyl (C=O) groups is 2. The van der Waals surface area contributed by atoms with E-state index in [4.69, 9.17) is 0 Å². The summed E-state index contributed by atoms with van der Waals surface area (Å²) < 4.78 is 0. The van der Waals surface area contributed by atoms with Gasteiger partial charge in [-0.15, -0.1) is 0 Å². The molecule has 28 heavy (non-hydrogen) atoms. The molecule has 0 aliphatic carbocycles. The third-order valence-corrected chi connectivity index (χ3v) is 5.15. The van der Waals surface area contributed by atoms with Gasteiger partial charge < -0.3 is 15.5 Å². The first-order valence-electron chi connectivity index (χ1n) is 9.66. The molecule has 0 atom stereocenters. The van der Waals surface area contributed by atoms with Crippen molar-refractivity contribution in [3.05, 3.63) is 59.7 Å². The number of fused-ring (bicyclic) bond motifs is 1. The molecule has 1 heterocycles. The van der Waals surface area contributed by atoms with Crippen molar-refractivity contribution in [1.82, 2.24) is 9.80 Å². The number of likely N-dealkylation sites (N-methyl/N-ethyl adjacent to an activating group) is 1. The van der Waals surface area contributed by atoms with Gasteiger partial charge in [-0.3, -0.25) is 9.69 Å². The summed E-state index contributed by atoms with van der Waals surface area (Å²) in [6.07, 6.45) is 0.801. The molecule has 148 valence electrons. The van der Waals surface area contributed by atoms with Gasteiger partial charge in [0.15, 0.2) is 0 Å². The zero-order valence-electron chi connectivity index (χ0n) is 16.7. The van der Waals surface area contributed by atoms with Crippen LogP contribution in [-0.2, 0) is 17.8 Å². The Labute approximate surface area is 166 Å². The number of hydrogen-bond donors (Lipinski definition) is 2. The van der Waals surface area contributed by atoms with Crippen molar-refractivity contribution in [2.75, 3.05) is 30.8 Å². The molecule has 6 nitrogen and oxygen atoms in total. The molecule has 3 rings (SSSR count). The smallest absolute Gasteiger partial charge is 0.323 e. The van der Waals surface area contributed by atoms with E-state index < -0.39 is 0 Å². The van der Waals surface area contributed by atoms with Crippen molar-refractivity contribution in [1.29, 1.82) is 0 Å². The highest BCUT2D eigenvalue weighted by Crippen LogP contribution is 2.26. The Hall–Kier alpha value is -2.86. The number of anilines is 2. The van der Waals surface area contributed by atoms with Crippen LogP contribution in [0.15, 0.2) is 48.5 Å². The van der Waals surface area contributed by atoms with E-state index in [0.29, 0.717) is 13.1 Å². The quantitative estimate of drug-likeness (QED) is 0.834. The molecule has 1 aliphatic rings. The molecule has 0 bridgehead atoms. The molecule has 0 fully saturated rings. The Kier molecular flexibility index (Phi) is 6.31. The van der Waals surface area contributed by atoms with E-state index >= 15 is 0 Å². The fraction of sp³-hybridized carbons (Fsp3) is 0.364. The molecule has 2 aromatic carbocycles. The molecular formula is C22H28N4O2. The lowest BCUT2D eigenvalue weighted by Gasteiger charge is -2.31. The third kappa shape index (κ3) is 4.89. The standard InChI is InChI=1S/C22H28N4O2/c1-16(2)25(3)21(27)15-26-13-12-19-17(14-26)8-7-11-20(19)24-22(28)23-18-9-5-4-6-10-18/h4-11,16H,12-15H2,1-3H3,(H2,23,24,28). The molecule has 0 radical (unpaired) electrons. The van der Waals surface area contributed by atoms with E-state index in [1.54, 1.807) is 4.90 Å². The van der Waals surface area contributed by atoms with Gasteiger partial charge in [0.1, 0.15) is 0 Å². The summed E-state index contributed by atoms with van der Waals surface area (Å²) in [5, 5.41) is 5.81. The van der Waals surface area contributed by atoms with E-state index in [2.05, 4.69) is 21.6 Å². The first-order valence-corrected chi connectivity index (χ1v) is 9.66. The highest BCUT2D eigenvalue weighted by atomic mass is 16.2. The molecule has 0 saturated heterocycles. The normalized spacial score (nSPS) is 13.7. The summed E-state index contributed by atoms with van der Waals surface area (Å²) in [7, 11) is 1.85. The minimum absolute atomic E-state index is 0.134. The van der Waals surface area contributed by atoms with Crippen molar-refractivity contribution in [2.45, 2.75) is 32.9 Å². The lowest BCUT2D eigenvalue weighted by Crippen LogP contribution is -2.43. The number of hydrogen-bond acceptors (Lipinski definition) is 3. The van der Waals surface area contributed by atoms with Crippen molar-refractivity contribution < 1.29 is 9.59 Å². The number of rotatable bonds is 5. The van der Waals surface area contributed by atoms with Gasteiger partial charge in [0.2, 0.25) is 5.91 Å². The molecule has 1 aliphatic heterocycles. The number of para-hydroxylation sites is 1. The Bertz CT molecular complexity index is 836. The number of benzene rings is 2. The molecular weight excluding hydrogens is 352 g/mol. The summed E-state index contributed by atoms with van der Waals surface area (Å²) in [6.45, 7) is 5.95. The number of carbonyl (C=O) groups excluding carboxylic acids is 2. The predicted molar refractivity (Wildman–Crippen MR) is 112 cm³/mol. The SMILES string of the molecule is CC(C)N(C)C(=O)CN1CCc2c(cccc2NC(=O)Nc2ccccc2)C1. The fourth-order valence-electron chi connectivity index (χ4n) is 3.32. The Morgan fingerprint density at radius 2 is 1.82 bits per heavy atom. The lowest BCUT2D eigenvalue weighted by atomic mass is 9.97. The van der Waals surface area contributed by atoms with Gasteiger partial charge in [-0.25, -0.2) is 4.79 Å². The van der Waals surface area contributed by atoms with Gasteiger partial charge in [-0.2, -0.15) is 0 Å². The second kappa shape index (κ2) is 8.89. The van der Waals surface area contributed by atoms with E-state index in [1.807, 2.05) is 63.4 Å². The third-order valence-electron chi connectivity index (χ3n) is 5.15. The van der Waals surface area contributed by atoms with E-state index in [9.17, 15) is 9.59 Å². The topological polar surface area (TPSA) is 64.7 Å². The summed E-state index contributed by atoms with van der Waals surface area (Å²) in [4.78, 5) is 28.6. The Morgan fingerprint density at radius 3 is 2.54 bits per heavy atom. The van der Waals surface area contributed by atoms with Crippen LogP contribution in [0.5, 0.6) is 0 Å². The molecule has 6 heteroatoms. The van der Waals surface area contributed by atoms with E-state index in [0.717, 1.165) is 35.5 Å². The molecule has 0 aromatic heterocycles. The summed E-state index contributed by atoms with van der Waals surface area (Å²) in [6, 6.07) is 15.3. The molecule has 2 N–H and O–H groups in total. The van der Waals surface area contributed by atoms with Crippen LogP contribution in [0.3, 0.4) is 0 Å². The van der Waals surface area contributed by atoms with Crippen molar-refractivity contribution in [3.8, 4) is 0 Å². The second-order valence-corrected chi connectivity index (χ2v) is 7.45. The van der Waals surface area contributed by atoms with Gasteiger partial charge in [-0.05, 0) is 49.6 Å². The van der Waals surface area contributed by atoms with Gasteiger partial charge in [0.05, 0.1) is 6.54 Å². The lowest BCUT2D eigenvalue weighted by molar-refractivity contribution is -0.132. The highest BCUT2D eigenvalue weighted by Gasteiger charge is 2.23. The average molecular weight is 380 g/mol. The minimum atomic E-state index is -0.254. The van der Waals surface area contributed by atoms with Gasteiger partial charge in [0.25, 0.3) is 0 Å². The van der Waals surface area contributed by atoms with Gasteiger partial charge in [-0.1, -0.05) is 30.3 Å². The van der Waals surface area contributed by atoms with Crippen molar-refractivity contribution >= 4 is 23.3 Å². The maximum atomic E-state index is 12.4. The van der Waals surface area contributed by atoms with Gasteiger partial charge >= 0.3 is 6.03 Å². The average Bonchev–Trinajstić information content (AvgIpc) is 2.68. The largest absolute Gasteiger partial charge is 0.342 e. The zero-order chi connectivity index (χ0) is 20.1. The summed E-state index contributed by atoms with van der Waals surface area (Å²) >= 11 is 0. The molecule has 2 aromatic rings. The van der Waals surface area contributed by atoms with Crippen LogP contribution in [0.25, 0.3) is 0 Å². The second-order valence-electron chi connectivity index (χ2n) is 7.45. The number of nitrogens with zero attached hydrogens (tertiary/aromatic N) is 2. The fourth-order valence-corrected chi connectivity index (χ4v) is 3.32. The van der Waals surface area contributed by atoms with E-state index in [-0.39, 0.29) is 18.0 Å². The predicted octanol–water partition coefficient (Wildman–Crippen LogP) is 3.56. The number of nitrogens with one attached hydrogen (secondary N) is 2. The monoisotopic (exact) mass is 380 g/mol. The van der Waals surface area contributed by atoms with Crippen molar-refractivity contribution in [3.63, 3.8) is 0 Å². The molecule has 0 spiro atoms. The van der Waals surface area contributed by atoms with Crippen LogP contribution in [-0.4, -0.2) is 47.9 Å². The summed E-state index contributed by atoms with van der Waals surface area (Å²) in [5.74, 6) is 0.134. The van der Waals surface area contributed by atoms with Crippen LogP contribution in [0.1, 0.15) is 25.0 Å². The van der Waals surface area contributed by atoms with Crippen LogP contribution >= 0.6 is 0 Å². The van der Waals surface area contributed by atoms with Crippen LogP contribution in [0.2, 0.25) is 0 Å². The highest BCUT2D eigenvalue weighted by molar-refractivity contribution is 6.00. The summed E-state index contributed by atoms with van der Waals surface area (Å²) in [5.41, 5.74) is 3.88. The maximum Gasteiger partial charge on any atom is 0.323 e. The maximum absolute atomic E-state index is 12.4. The van der Waals surface area contributed by atoms with Crippen molar-refractivity contribution in [2.24, 2.45) is 0 Å². The van der Waals surface area contributed by atoms with Crippen LogP contribution < -0.4 is 10.6 Å². The first kappa shape index (κ1) is 19.9. The molecule has 3 amide bonds. The van der Waals surface area contributed by atoms with Crippen LogP contribution in [0, 0.1) is 0 Å². The minimum Gasteiger partial charge on any atom is -0.342 e. The first-order chi connectivity index (χ1) is 13.4. The number of amides is 3. The molecule has 0 unspecified atom stereocenters. The van der Waals surface area contributed by atoms with Crippen LogP contribution in [0.4, 0.5) is 16.2 Å². The zero-order valence-corrected chi connectivity index (χ0v) is 16.7. The molecule has 0 saturated carbocycles. The van der Waals surface area contributed by atoms with E-state index in [1.165, 1.54) is 0 Å². The number of urea groups is 1. The Balaban J connectivity index is 1.64. The van der Waals surface area contributed by atoms with Gasteiger partial charge in [0, 0.05) is 37.6 Å². The Morgan fingerprint density at radius 1 is 1.07 bits per heavy atom.